The molecule has 13 atom stereocenters. The third-order valence-corrected chi connectivity index (χ3v) is 14.5. The van der Waals surface area contributed by atoms with Gasteiger partial charge in [0.25, 0.3) is 0 Å². The van der Waals surface area contributed by atoms with Crippen LogP contribution in [0.3, 0.4) is 0 Å². The van der Waals surface area contributed by atoms with Gasteiger partial charge in [0.15, 0.2) is 6.29 Å². The molecule has 7 fully saturated rings. The van der Waals surface area contributed by atoms with Crippen LogP contribution in [0.1, 0.15) is 112 Å². The van der Waals surface area contributed by atoms with E-state index in [0.717, 1.165) is 42.9 Å². The molecule has 0 aromatic carbocycles. The summed E-state index contributed by atoms with van der Waals surface area (Å²) < 4.78 is 12.3. The molecule has 0 amide bonds. The van der Waals surface area contributed by atoms with Gasteiger partial charge in [0.05, 0.1) is 11.0 Å². The minimum atomic E-state index is -0.870. The highest BCUT2D eigenvalue weighted by molar-refractivity contribution is 5.66. The Balaban J connectivity index is 1.30. The monoisotopic (exact) mass is 513 g/mol. The van der Waals surface area contributed by atoms with Gasteiger partial charge in [-0.25, -0.2) is 0 Å². The Morgan fingerprint density at radius 1 is 1.08 bits per heavy atom. The highest BCUT2D eigenvalue weighted by Gasteiger charge is 2.80. The van der Waals surface area contributed by atoms with Crippen LogP contribution >= 0.6 is 0 Å². The van der Waals surface area contributed by atoms with Crippen molar-refractivity contribution < 1.29 is 19.4 Å². The smallest absolute Gasteiger partial charge is 0.302 e. The fraction of sp³-hybridized carbons (Fsp3) is 0.969. The normalized spacial score (nSPS) is 59.1. The van der Waals surface area contributed by atoms with Crippen LogP contribution in [0, 0.1) is 45.8 Å². The van der Waals surface area contributed by atoms with Gasteiger partial charge in [-0.1, -0.05) is 34.1 Å². The zero-order chi connectivity index (χ0) is 26.2. The van der Waals surface area contributed by atoms with Gasteiger partial charge < -0.3 is 14.6 Å². The van der Waals surface area contributed by atoms with Gasteiger partial charge in [-0.15, -0.1) is 0 Å². The number of hydrogen-bond donors (Lipinski definition) is 1. The molecule has 1 spiro atoms. The Kier molecular flexibility index (Phi) is 5.31. The Morgan fingerprint density at radius 3 is 2.59 bits per heavy atom. The van der Waals surface area contributed by atoms with E-state index < -0.39 is 11.7 Å². The number of rotatable bonds is 5. The molecule has 4 saturated heterocycles. The molecular formula is C32H51NO4. The maximum absolute atomic E-state index is 12.1. The number of aliphatic hydroxyl groups is 1. The predicted molar refractivity (Wildman–Crippen MR) is 143 cm³/mol. The molecule has 7 rings (SSSR count). The molecular weight excluding hydrogens is 462 g/mol. The standard InChI is InChI=1S/C32H51NO4/c1-19(2)22-10-14-28(4)21-9-16-31-13-7-8-24(31)32(28,26(22)33(31)18-21)17-11-23-29(5)15-12-25(36-20(3)34)30(23,6)27(35)37-29/h19,21-27,35H,7-18H2,1-6H3/t21-,22-,23?,24-,25?,26+,27?,28+,29-,30-,31-,32-/m1/s1. The summed E-state index contributed by atoms with van der Waals surface area (Å²) in [6.07, 6.45) is 12.7. The Labute approximate surface area is 224 Å². The fourth-order valence-electron chi connectivity index (χ4n) is 13.0. The van der Waals surface area contributed by atoms with Crippen molar-refractivity contribution in [1.29, 1.82) is 0 Å². The molecule has 0 radical (unpaired) electrons. The van der Waals surface area contributed by atoms with Crippen molar-refractivity contribution >= 4 is 5.97 Å². The number of aliphatic hydroxyl groups excluding tert-OH is 1. The van der Waals surface area contributed by atoms with Crippen molar-refractivity contribution in [1.82, 2.24) is 4.90 Å². The van der Waals surface area contributed by atoms with Crippen LogP contribution in [0.4, 0.5) is 0 Å². The lowest BCUT2D eigenvalue weighted by Crippen LogP contribution is -2.68. The van der Waals surface area contributed by atoms with E-state index in [1.165, 1.54) is 64.8 Å². The first-order valence-corrected chi connectivity index (χ1v) is 15.7. The Hall–Kier alpha value is -0.650. The third-order valence-electron chi connectivity index (χ3n) is 14.5. The summed E-state index contributed by atoms with van der Waals surface area (Å²) in [5, 5.41) is 11.3. The molecule has 0 aromatic rings. The van der Waals surface area contributed by atoms with E-state index in [4.69, 9.17) is 9.47 Å². The third kappa shape index (κ3) is 2.81. The molecule has 5 heteroatoms. The summed E-state index contributed by atoms with van der Waals surface area (Å²) >= 11 is 0. The maximum atomic E-state index is 12.1. The van der Waals surface area contributed by atoms with Crippen molar-refractivity contribution in [2.75, 3.05) is 6.54 Å². The van der Waals surface area contributed by atoms with Gasteiger partial charge in [-0.05, 0) is 106 Å². The number of esters is 1. The van der Waals surface area contributed by atoms with Gasteiger partial charge in [-0.3, -0.25) is 9.69 Å². The van der Waals surface area contributed by atoms with Crippen molar-refractivity contribution in [2.24, 2.45) is 45.8 Å². The second-order valence-electron chi connectivity index (χ2n) is 15.7. The first-order valence-electron chi connectivity index (χ1n) is 15.7. The molecule has 4 aliphatic heterocycles. The first kappa shape index (κ1) is 25.3. The zero-order valence-corrected chi connectivity index (χ0v) is 24.2. The number of piperidine rings is 2. The van der Waals surface area contributed by atoms with Crippen molar-refractivity contribution in [3.8, 4) is 0 Å². The topological polar surface area (TPSA) is 59.0 Å². The Bertz CT molecular complexity index is 984. The molecule has 5 nitrogen and oxygen atoms in total. The van der Waals surface area contributed by atoms with Crippen molar-refractivity contribution in [3.63, 3.8) is 0 Å². The van der Waals surface area contributed by atoms with E-state index in [1.807, 2.05) is 0 Å². The lowest BCUT2D eigenvalue weighted by Gasteiger charge is -2.67. The summed E-state index contributed by atoms with van der Waals surface area (Å²) in [5.74, 6) is 3.13. The van der Waals surface area contributed by atoms with Crippen LogP contribution in [-0.4, -0.2) is 52.1 Å². The molecule has 37 heavy (non-hydrogen) atoms. The molecule has 7 bridgehead atoms. The molecule has 3 saturated carbocycles. The molecule has 3 aliphatic carbocycles. The zero-order valence-electron chi connectivity index (χ0n) is 24.2. The second kappa shape index (κ2) is 7.75. The highest BCUT2D eigenvalue weighted by atomic mass is 16.6. The summed E-state index contributed by atoms with van der Waals surface area (Å²) in [6, 6.07) is 0.713. The van der Waals surface area contributed by atoms with Gasteiger partial charge in [0.2, 0.25) is 0 Å². The average molecular weight is 514 g/mol. The molecule has 1 N–H and O–H groups in total. The van der Waals surface area contributed by atoms with Crippen LogP contribution in [0.5, 0.6) is 0 Å². The summed E-state index contributed by atoms with van der Waals surface area (Å²) in [7, 11) is 0. The van der Waals surface area contributed by atoms with Gasteiger partial charge >= 0.3 is 5.97 Å². The lowest BCUT2D eigenvalue weighted by molar-refractivity contribution is -0.188. The number of fused-ring (bicyclic) bond motifs is 4. The molecule has 0 aromatic heterocycles. The SMILES string of the molecule is CC(=O)OC1CC[C@@]2(C)OC(O)[C@]1(C)C2CC[C@@]12[C@@H]3[C@@H](C(C)C)CC[C@@]1(C)[C@@H]1CC[C@@]4(CCC[C@H]42)N3C1. The number of carbonyl (C=O) groups excluding carboxylic acids is 1. The minimum absolute atomic E-state index is 0.204. The number of carbonyl (C=O) groups is 1. The van der Waals surface area contributed by atoms with Crippen LogP contribution < -0.4 is 0 Å². The fourth-order valence-corrected chi connectivity index (χ4v) is 13.0. The van der Waals surface area contributed by atoms with Gasteiger partial charge in [0.1, 0.15) is 6.10 Å². The predicted octanol–water partition coefficient (Wildman–Crippen LogP) is 5.93. The summed E-state index contributed by atoms with van der Waals surface area (Å²) in [6.45, 7) is 14.9. The van der Waals surface area contributed by atoms with Crippen LogP contribution in [0.2, 0.25) is 0 Å². The van der Waals surface area contributed by atoms with E-state index in [9.17, 15) is 9.90 Å². The molecule has 4 unspecified atom stereocenters. The van der Waals surface area contributed by atoms with Crippen molar-refractivity contribution in [2.45, 2.75) is 142 Å². The average Bonchev–Trinajstić information content (AvgIpc) is 3.35. The second-order valence-corrected chi connectivity index (χ2v) is 15.7. The van der Waals surface area contributed by atoms with E-state index in [0.29, 0.717) is 22.4 Å². The minimum Gasteiger partial charge on any atom is -0.462 e. The highest BCUT2D eigenvalue weighted by Crippen LogP contribution is 2.79. The largest absolute Gasteiger partial charge is 0.462 e. The lowest BCUT2D eigenvalue weighted by atomic mass is 9.41. The van der Waals surface area contributed by atoms with Gasteiger partial charge in [-0.2, -0.15) is 0 Å². The molecule has 4 heterocycles. The van der Waals surface area contributed by atoms with E-state index >= 15 is 0 Å². The molecule has 208 valence electrons. The number of hydrogen-bond acceptors (Lipinski definition) is 5. The first-order chi connectivity index (χ1) is 17.4. The van der Waals surface area contributed by atoms with E-state index in [2.05, 4.69) is 39.5 Å². The van der Waals surface area contributed by atoms with Crippen LogP contribution in [0.25, 0.3) is 0 Å². The summed E-state index contributed by atoms with van der Waals surface area (Å²) in [4.78, 5) is 15.2. The molecule has 7 aliphatic rings. The maximum Gasteiger partial charge on any atom is 0.302 e. The van der Waals surface area contributed by atoms with E-state index in [-0.39, 0.29) is 23.6 Å². The summed E-state index contributed by atoms with van der Waals surface area (Å²) in [5.41, 5.74) is 0.348. The van der Waals surface area contributed by atoms with Crippen LogP contribution in [0.15, 0.2) is 0 Å². The number of nitrogens with zero attached hydrogens (tertiary/aromatic N) is 1. The quantitative estimate of drug-likeness (QED) is 0.462. The van der Waals surface area contributed by atoms with Gasteiger partial charge in [0, 0.05) is 31.0 Å². The van der Waals surface area contributed by atoms with E-state index in [1.54, 1.807) is 0 Å². The number of ether oxygens (including phenoxy) is 2. The van der Waals surface area contributed by atoms with Crippen molar-refractivity contribution in [3.05, 3.63) is 0 Å². The van der Waals surface area contributed by atoms with Crippen LogP contribution in [-0.2, 0) is 14.3 Å². The Morgan fingerprint density at radius 2 is 1.86 bits per heavy atom.